The fraction of sp³-hybridized carbons (Fsp3) is 0.700. The molecule has 0 bridgehead atoms. The van der Waals surface area contributed by atoms with Gasteiger partial charge in [-0.05, 0) is 84.9 Å². The van der Waals surface area contributed by atoms with Crippen LogP contribution in [-0.2, 0) is 21.9 Å². The van der Waals surface area contributed by atoms with Crippen molar-refractivity contribution in [1.82, 2.24) is 4.72 Å². The second kappa shape index (κ2) is 7.36. The van der Waals surface area contributed by atoms with Crippen LogP contribution >= 0.6 is 22.6 Å². The average molecular weight is 461 g/mol. The molecular weight excluding hydrogens is 429 g/mol. The normalized spacial score (nSPS) is 20.0. The zero-order chi connectivity index (χ0) is 18.2. The van der Waals surface area contributed by atoms with Gasteiger partial charge in [0.2, 0.25) is 0 Å². The van der Waals surface area contributed by atoms with Crippen molar-refractivity contribution in [3.05, 3.63) is 32.9 Å². The maximum Gasteiger partial charge on any atom is 0.0978 e. The van der Waals surface area contributed by atoms with Gasteiger partial charge in [0.15, 0.2) is 0 Å². The molecule has 0 spiro atoms. The van der Waals surface area contributed by atoms with Crippen LogP contribution in [0, 0.1) is 3.57 Å². The molecule has 1 fully saturated rings. The first-order chi connectivity index (χ1) is 10.9. The standard InChI is InChI=1S/C20H32INOS/c1-18(2,3)15-12-16(14-17(21)13-15)20(10-8-7-9-11-20)22-24(23)19(4,5)6/h12-14,22H,7-11H2,1-6H3. The Morgan fingerprint density at radius 2 is 1.58 bits per heavy atom. The lowest BCUT2D eigenvalue weighted by Gasteiger charge is -2.40. The Hall–Kier alpha value is 0.0600. The van der Waals surface area contributed by atoms with Crippen LogP contribution in [0.4, 0.5) is 0 Å². The molecule has 0 radical (unpaired) electrons. The zero-order valence-electron chi connectivity index (χ0n) is 16.0. The van der Waals surface area contributed by atoms with Crippen molar-refractivity contribution in [2.45, 2.75) is 89.3 Å². The fourth-order valence-electron chi connectivity index (χ4n) is 3.23. The lowest BCUT2D eigenvalue weighted by Crippen LogP contribution is -2.49. The molecule has 1 unspecified atom stereocenters. The highest BCUT2D eigenvalue weighted by Crippen LogP contribution is 2.40. The van der Waals surface area contributed by atoms with Gasteiger partial charge < -0.3 is 0 Å². The van der Waals surface area contributed by atoms with E-state index in [0.29, 0.717) is 0 Å². The van der Waals surface area contributed by atoms with E-state index in [1.54, 1.807) is 0 Å². The predicted molar refractivity (Wildman–Crippen MR) is 114 cm³/mol. The lowest BCUT2D eigenvalue weighted by atomic mass is 9.75. The minimum absolute atomic E-state index is 0.120. The van der Waals surface area contributed by atoms with Gasteiger partial charge in [-0.15, -0.1) is 0 Å². The van der Waals surface area contributed by atoms with Crippen molar-refractivity contribution < 1.29 is 4.21 Å². The Labute approximate surface area is 164 Å². The van der Waals surface area contributed by atoms with E-state index < -0.39 is 11.0 Å². The summed E-state index contributed by atoms with van der Waals surface area (Å²) in [6, 6.07) is 6.91. The highest BCUT2D eigenvalue weighted by Gasteiger charge is 2.38. The Morgan fingerprint density at radius 1 is 1.00 bits per heavy atom. The van der Waals surface area contributed by atoms with Crippen LogP contribution in [0.3, 0.4) is 0 Å². The van der Waals surface area contributed by atoms with Crippen molar-refractivity contribution in [3.8, 4) is 0 Å². The van der Waals surface area contributed by atoms with E-state index in [1.165, 1.54) is 34.0 Å². The van der Waals surface area contributed by atoms with Crippen molar-refractivity contribution in [3.63, 3.8) is 0 Å². The molecule has 2 nitrogen and oxygen atoms in total. The number of benzene rings is 1. The Bertz CT molecular complexity index is 607. The maximum atomic E-state index is 12.9. The topological polar surface area (TPSA) is 29.1 Å². The molecule has 0 saturated heterocycles. The van der Waals surface area contributed by atoms with E-state index in [4.69, 9.17) is 0 Å². The maximum absolute atomic E-state index is 12.9. The van der Waals surface area contributed by atoms with E-state index in [0.717, 1.165) is 12.8 Å². The third-order valence-electron chi connectivity index (χ3n) is 4.87. The van der Waals surface area contributed by atoms with Crippen LogP contribution < -0.4 is 4.72 Å². The molecule has 0 heterocycles. The third kappa shape index (κ3) is 4.82. The van der Waals surface area contributed by atoms with Crippen LogP contribution in [0.15, 0.2) is 18.2 Å². The van der Waals surface area contributed by atoms with Crippen molar-refractivity contribution >= 4 is 33.6 Å². The first kappa shape index (κ1) is 20.4. The summed E-state index contributed by atoms with van der Waals surface area (Å²) >= 11 is 2.42. The summed E-state index contributed by atoms with van der Waals surface area (Å²) in [5.74, 6) is 0. The van der Waals surface area contributed by atoms with Crippen LogP contribution in [0.2, 0.25) is 0 Å². The van der Waals surface area contributed by atoms with E-state index in [1.807, 2.05) is 20.8 Å². The monoisotopic (exact) mass is 461 g/mol. The predicted octanol–water partition coefficient (Wildman–Crippen LogP) is 5.80. The number of halogens is 1. The van der Waals surface area contributed by atoms with E-state index in [9.17, 15) is 4.21 Å². The van der Waals surface area contributed by atoms with Crippen molar-refractivity contribution in [2.24, 2.45) is 0 Å². The number of hydrogen-bond acceptors (Lipinski definition) is 1. The first-order valence-electron chi connectivity index (χ1n) is 8.95. The summed E-state index contributed by atoms with van der Waals surface area (Å²) in [6.45, 7) is 12.9. The molecule has 1 atom stereocenters. The van der Waals surface area contributed by atoms with Crippen LogP contribution in [-0.4, -0.2) is 8.96 Å². The van der Waals surface area contributed by atoms with Gasteiger partial charge in [-0.3, -0.25) is 0 Å². The zero-order valence-corrected chi connectivity index (χ0v) is 18.9. The molecule has 0 aliphatic heterocycles. The second-order valence-electron chi connectivity index (χ2n) is 9.10. The molecule has 1 N–H and O–H groups in total. The Morgan fingerprint density at radius 3 is 2.08 bits per heavy atom. The number of hydrogen-bond donors (Lipinski definition) is 1. The van der Waals surface area contributed by atoms with Gasteiger partial charge in [-0.1, -0.05) is 46.1 Å². The van der Waals surface area contributed by atoms with E-state index in [2.05, 4.69) is 66.3 Å². The molecular formula is C20H32INOS. The van der Waals surface area contributed by atoms with Crippen LogP contribution in [0.25, 0.3) is 0 Å². The summed E-state index contributed by atoms with van der Waals surface area (Å²) in [5.41, 5.74) is 2.64. The largest absolute Gasteiger partial charge is 0.242 e. The minimum Gasteiger partial charge on any atom is -0.242 e. The molecule has 4 heteroatoms. The fourth-order valence-corrected chi connectivity index (χ4v) is 4.89. The summed E-state index contributed by atoms with van der Waals surface area (Å²) in [6.07, 6.45) is 5.81. The summed E-state index contributed by atoms with van der Waals surface area (Å²) < 4.78 is 17.5. The number of rotatable bonds is 3. The highest BCUT2D eigenvalue weighted by molar-refractivity contribution is 14.1. The second-order valence-corrected chi connectivity index (χ2v) is 12.3. The van der Waals surface area contributed by atoms with Crippen molar-refractivity contribution in [1.29, 1.82) is 0 Å². The molecule has 0 amide bonds. The first-order valence-corrected chi connectivity index (χ1v) is 11.2. The Kier molecular flexibility index (Phi) is 6.24. The lowest BCUT2D eigenvalue weighted by molar-refractivity contribution is 0.275. The van der Waals surface area contributed by atoms with Gasteiger partial charge in [0.25, 0.3) is 0 Å². The Balaban J connectivity index is 2.49. The van der Waals surface area contributed by atoms with Gasteiger partial charge >= 0.3 is 0 Å². The van der Waals surface area contributed by atoms with Gasteiger partial charge in [0.1, 0.15) is 0 Å². The minimum atomic E-state index is -1.06. The van der Waals surface area contributed by atoms with Crippen LogP contribution in [0.1, 0.15) is 84.8 Å². The molecule has 1 aromatic carbocycles. The molecule has 2 rings (SSSR count). The molecule has 1 aromatic rings. The number of nitrogens with one attached hydrogen (secondary N) is 1. The summed E-state index contributed by atoms with van der Waals surface area (Å²) in [7, 11) is -1.06. The highest BCUT2D eigenvalue weighted by atomic mass is 127. The summed E-state index contributed by atoms with van der Waals surface area (Å²) in [5, 5.41) is 0. The average Bonchev–Trinajstić information content (AvgIpc) is 2.45. The van der Waals surface area contributed by atoms with Gasteiger partial charge in [0, 0.05) is 3.57 Å². The third-order valence-corrected chi connectivity index (χ3v) is 7.18. The molecule has 1 aliphatic rings. The van der Waals surface area contributed by atoms with Gasteiger partial charge in [-0.25, -0.2) is 8.93 Å². The molecule has 136 valence electrons. The summed E-state index contributed by atoms with van der Waals surface area (Å²) in [4.78, 5) is 0. The quantitative estimate of drug-likeness (QED) is 0.567. The SMILES string of the molecule is CC(C)(C)c1cc(I)cc(C2(NS(=O)C(C)(C)C)CCCCC2)c1. The van der Waals surface area contributed by atoms with Gasteiger partial charge in [0.05, 0.1) is 21.3 Å². The van der Waals surface area contributed by atoms with Gasteiger partial charge in [-0.2, -0.15) is 0 Å². The van der Waals surface area contributed by atoms with E-state index in [-0.39, 0.29) is 15.7 Å². The van der Waals surface area contributed by atoms with Crippen LogP contribution in [0.5, 0.6) is 0 Å². The van der Waals surface area contributed by atoms with E-state index >= 15 is 0 Å². The van der Waals surface area contributed by atoms with Crippen molar-refractivity contribution in [2.75, 3.05) is 0 Å². The molecule has 1 saturated carbocycles. The smallest absolute Gasteiger partial charge is 0.0978 e. The molecule has 0 aromatic heterocycles. The molecule has 24 heavy (non-hydrogen) atoms. The molecule has 1 aliphatic carbocycles.